The Bertz CT molecular complexity index is 178. The summed E-state index contributed by atoms with van der Waals surface area (Å²) in [4.78, 5) is 9.22. The first-order valence-corrected chi connectivity index (χ1v) is 3.29. The molecule has 0 spiro atoms. The van der Waals surface area contributed by atoms with E-state index in [1.54, 1.807) is 18.2 Å². The van der Waals surface area contributed by atoms with E-state index >= 15 is 0 Å². The second-order valence-corrected chi connectivity index (χ2v) is 1.29. The standard InChI is InChI=1S/C4H6.C3H5NO.C3H3N/c1-3-4-2;1-2-4-3-5;1-2-3-4/h3-4H,1-2H2;2-3H,1H2,(H,4,5);2H,1H2. The first kappa shape index (κ1) is 17.1. The largest absolute Gasteiger partial charge is 0.336 e. The molecule has 0 aliphatic carbocycles. The van der Waals surface area contributed by atoms with Gasteiger partial charge in [-0.2, -0.15) is 5.26 Å². The van der Waals surface area contributed by atoms with Gasteiger partial charge in [-0.05, 0) is 6.20 Å². The van der Waals surface area contributed by atoms with Gasteiger partial charge in [-0.15, -0.1) is 0 Å². The van der Waals surface area contributed by atoms with Crippen molar-refractivity contribution in [3.05, 3.63) is 50.7 Å². The first-order valence-electron chi connectivity index (χ1n) is 3.29. The second kappa shape index (κ2) is 32.6. The van der Waals surface area contributed by atoms with Gasteiger partial charge < -0.3 is 5.32 Å². The third-order valence-corrected chi connectivity index (χ3v) is 0.444. The van der Waals surface area contributed by atoms with Gasteiger partial charge in [-0.3, -0.25) is 4.79 Å². The molecule has 1 amide bonds. The third-order valence-electron chi connectivity index (χ3n) is 0.444. The van der Waals surface area contributed by atoms with Crippen molar-refractivity contribution in [1.82, 2.24) is 5.32 Å². The predicted octanol–water partition coefficient (Wildman–Crippen LogP) is 1.93. The molecule has 0 radical (unpaired) electrons. The Balaban J connectivity index is -0.000000117. The van der Waals surface area contributed by atoms with E-state index < -0.39 is 0 Å². The summed E-state index contributed by atoms with van der Waals surface area (Å²) in [7, 11) is 0. The van der Waals surface area contributed by atoms with E-state index in [-0.39, 0.29) is 0 Å². The summed E-state index contributed by atoms with van der Waals surface area (Å²) >= 11 is 0. The Labute approximate surface area is 79.4 Å². The number of nitrogens with one attached hydrogen (secondary N) is 1. The molecule has 1 N–H and O–H groups in total. The second-order valence-electron chi connectivity index (χ2n) is 1.29. The van der Waals surface area contributed by atoms with Crippen LogP contribution in [0.1, 0.15) is 0 Å². The van der Waals surface area contributed by atoms with E-state index in [0.717, 1.165) is 0 Å². The summed E-state index contributed by atoms with van der Waals surface area (Å²) < 4.78 is 0. The Hall–Kier alpha value is -2.08. The maximum atomic E-state index is 9.22. The fourth-order valence-electron chi connectivity index (χ4n) is 0.0481. The molecule has 0 atom stereocenters. The van der Waals surface area contributed by atoms with Crippen LogP contribution < -0.4 is 5.32 Å². The highest BCUT2D eigenvalue weighted by molar-refractivity contribution is 5.47. The molecule has 0 aliphatic heterocycles. The first-order chi connectivity index (χ1) is 6.24. The van der Waals surface area contributed by atoms with Crippen LogP contribution in [-0.4, -0.2) is 6.41 Å². The highest BCUT2D eigenvalue weighted by Crippen LogP contribution is 1.52. The lowest BCUT2D eigenvalue weighted by Gasteiger charge is -1.70. The van der Waals surface area contributed by atoms with Crippen molar-refractivity contribution in [2.24, 2.45) is 0 Å². The fourth-order valence-corrected chi connectivity index (χ4v) is 0.0481. The van der Waals surface area contributed by atoms with Gasteiger partial charge in [0, 0.05) is 6.08 Å². The molecular weight excluding hydrogens is 164 g/mol. The zero-order valence-corrected chi connectivity index (χ0v) is 7.57. The van der Waals surface area contributed by atoms with Gasteiger partial charge in [-0.1, -0.05) is 38.5 Å². The molecule has 0 aromatic carbocycles. The minimum Gasteiger partial charge on any atom is -0.336 e. The van der Waals surface area contributed by atoms with Crippen molar-refractivity contribution in [2.45, 2.75) is 0 Å². The molecule has 3 nitrogen and oxygen atoms in total. The Kier molecular flexibility index (Phi) is 43.0. The van der Waals surface area contributed by atoms with Crippen LogP contribution in [0.5, 0.6) is 0 Å². The minimum absolute atomic E-state index is 0.562. The van der Waals surface area contributed by atoms with E-state index in [2.05, 4.69) is 31.6 Å². The average Bonchev–Trinajstić information content (AvgIpc) is 2.20. The molecule has 0 aromatic heterocycles. The number of allylic oxidation sites excluding steroid dienone is 3. The number of nitriles is 1. The zero-order valence-electron chi connectivity index (χ0n) is 7.57. The van der Waals surface area contributed by atoms with Gasteiger partial charge in [0.15, 0.2) is 0 Å². The fraction of sp³-hybridized carbons (Fsp3) is 0. The monoisotopic (exact) mass is 178 g/mol. The Morgan fingerprint density at radius 3 is 1.54 bits per heavy atom. The summed E-state index contributed by atoms with van der Waals surface area (Å²) in [5.74, 6) is 0. The molecule has 0 aliphatic rings. The van der Waals surface area contributed by atoms with Crippen LogP contribution in [0.2, 0.25) is 0 Å². The van der Waals surface area contributed by atoms with Crippen molar-refractivity contribution < 1.29 is 4.79 Å². The van der Waals surface area contributed by atoms with Gasteiger partial charge in [0.05, 0.1) is 6.07 Å². The summed E-state index contributed by atoms with van der Waals surface area (Å²) in [6.45, 7) is 13.0. The lowest BCUT2D eigenvalue weighted by molar-refractivity contribution is -0.108. The quantitative estimate of drug-likeness (QED) is 0.408. The summed E-state index contributed by atoms with van der Waals surface area (Å²) in [6.07, 6.45) is 6.33. The van der Waals surface area contributed by atoms with E-state index in [1.165, 1.54) is 12.3 Å². The Morgan fingerprint density at radius 2 is 1.54 bits per heavy atom. The van der Waals surface area contributed by atoms with Crippen molar-refractivity contribution in [2.75, 3.05) is 0 Å². The maximum Gasteiger partial charge on any atom is 0.211 e. The third kappa shape index (κ3) is 169. The van der Waals surface area contributed by atoms with Crippen LogP contribution in [-0.2, 0) is 4.79 Å². The predicted molar refractivity (Wildman–Crippen MR) is 55.6 cm³/mol. The van der Waals surface area contributed by atoms with Crippen molar-refractivity contribution in [3.8, 4) is 6.07 Å². The molecule has 0 rings (SSSR count). The van der Waals surface area contributed by atoms with Gasteiger partial charge in [0.1, 0.15) is 0 Å². The van der Waals surface area contributed by atoms with Crippen LogP contribution in [0.15, 0.2) is 50.7 Å². The van der Waals surface area contributed by atoms with Crippen molar-refractivity contribution >= 4 is 6.41 Å². The number of carbonyl (C=O) groups is 1. The van der Waals surface area contributed by atoms with Crippen molar-refractivity contribution in [3.63, 3.8) is 0 Å². The molecule has 0 saturated heterocycles. The molecule has 0 heterocycles. The van der Waals surface area contributed by atoms with E-state index in [1.807, 2.05) is 0 Å². The number of nitrogens with zero attached hydrogens (tertiary/aromatic N) is 1. The lowest BCUT2D eigenvalue weighted by atomic mass is 10.6. The normalized spacial score (nSPS) is 4.85. The van der Waals surface area contributed by atoms with Crippen LogP contribution in [0, 0.1) is 11.3 Å². The topological polar surface area (TPSA) is 52.9 Å². The van der Waals surface area contributed by atoms with E-state index in [4.69, 9.17) is 5.26 Å². The molecule has 0 bridgehead atoms. The zero-order chi connectivity index (χ0) is 10.9. The number of hydrogen-bond acceptors (Lipinski definition) is 2. The molecule has 0 saturated carbocycles. The van der Waals surface area contributed by atoms with E-state index in [0.29, 0.717) is 6.41 Å². The lowest BCUT2D eigenvalue weighted by Crippen LogP contribution is -1.96. The number of rotatable bonds is 3. The van der Waals surface area contributed by atoms with Crippen LogP contribution in [0.4, 0.5) is 0 Å². The van der Waals surface area contributed by atoms with Gasteiger partial charge in [0.2, 0.25) is 6.41 Å². The molecule has 0 unspecified atom stereocenters. The molecule has 0 aromatic rings. The number of amides is 1. The highest BCUT2D eigenvalue weighted by Gasteiger charge is 1.50. The van der Waals surface area contributed by atoms with E-state index in [9.17, 15) is 4.79 Å². The van der Waals surface area contributed by atoms with Crippen LogP contribution in [0.25, 0.3) is 0 Å². The molecule has 13 heavy (non-hydrogen) atoms. The van der Waals surface area contributed by atoms with Crippen LogP contribution in [0.3, 0.4) is 0 Å². The summed E-state index contributed by atoms with van der Waals surface area (Å²) in [6, 6.07) is 1.69. The highest BCUT2D eigenvalue weighted by atomic mass is 16.1. The Morgan fingerprint density at radius 1 is 1.15 bits per heavy atom. The van der Waals surface area contributed by atoms with Crippen molar-refractivity contribution in [1.29, 1.82) is 5.26 Å². The minimum atomic E-state index is 0.562. The van der Waals surface area contributed by atoms with Crippen LogP contribution >= 0.6 is 0 Å². The summed E-state index contributed by atoms with van der Waals surface area (Å²) in [5, 5.41) is 9.70. The molecule has 0 fully saturated rings. The summed E-state index contributed by atoms with van der Waals surface area (Å²) in [5.41, 5.74) is 0. The van der Waals surface area contributed by atoms with Gasteiger partial charge in [-0.25, -0.2) is 0 Å². The molecular formula is C10H14N2O. The van der Waals surface area contributed by atoms with Gasteiger partial charge in [0.25, 0.3) is 0 Å². The van der Waals surface area contributed by atoms with Gasteiger partial charge >= 0.3 is 0 Å². The molecule has 3 heteroatoms. The average molecular weight is 178 g/mol. The maximum absolute atomic E-state index is 9.22. The molecule has 70 valence electrons. The SMILES string of the molecule is C=CC#N.C=CC=C.C=CNC=O. The number of carbonyl (C=O) groups excluding carboxylic acids is 1. The smallest absolute Gasteiger partial charge is 0.211 e. The number of hydrogen-bond donors (Lipinski definition) is 1.